The molecule has 4 rings (SSSR count). The summed E-state index contributed by atoms with van der Waals surface area (Å²) in [6.45, 7) is 6.94. The monoisotopic (exact) mass is 437 g/mol. The van der Waals surface area contributed by atoms with E-state index >= 15 is 0 Å². The van der Waals surface area contributed by atoms with Gasteiger partial charge in [0, 0.05) is 40.3 Å². The number of imidazole rings is 1. The number of nitrogens with zero attached hydrogens (tertiary/aromatic N) is 5. The molecule has 0 atom stereocenters. The summed E-state index contributed by atoms with van der Waals surface area (Å²) in [6, 6.07) is 6.58. The Hall–Kier alpha value is -3.84. The van der Waals surface area contributed by atoms with Crippen LogP contribution in [0.5, 0.6) is 11.8 Å². The maximum Gasteiger partial charge on any atom is 0.306 e. The molecule has 168 valence electrons. The number of carbonyl (C=O) groups excluding carboxylic acids is 1. The van der Waals surface area contributed by atoms with Crippen LogP contribution in [0.3, 0.4) is 0 Å². The van der Waals surface area contributed by atoms with Gasteiger partial charge in [0.1, 0.15) is 5.75 Å². The molecule has 0 spiro atoms. The van der Waals surface area contributed by atoms with E-state index < -0.39 is 5.91 Å². The number of para-hydroxylation sites is 1. The summed E-state index contributed by atoms with van der Waals surface area (Å²) in [5.41, 5.74) is 6.01. The van der Waals surface area contributed by atoms with Gasteiger partial charge in [-0.1, -0.05) is 12.1 Å². The second-order valence-electron chi connectivity index (χ2n) is 7.10. The fraction of sp³-hybridized carbons (Fsp3) is 0.364. The maximum absolute atomic E-state index is 12.9. The summed E-state index contributed by atoms with van der Waals surface area (Å²) >= 11 is 0. The van der Waals surface area contributed by atoms with Gasteiger partial charge in [-0.25, -0.2) is 0 Å². The first-order chi connectivity index (χ1) is 15.4. The van der Waals surface area contributed by atoms with Crippen molar-refractivity contribution >= 4 is 23.0 Å². The molecule has 3 heterocycles. The first-order valence-electron chi connectivity index (χ1n) is 10.2. The summed E-state index contributed by atoms with van der Waals surface area (Å²) < 4.78 is 8.82. The number of nitrogens with one attached hydrogen (secondary N) is 1. The van der Waals surface area contributed by atoms with Crippen LogP contribution in [0.15, 0.2) is 29.1 Å². The molecule has 3 N–H and O–H groups in total. The zero-order valence-electron chi connectivity index (χ0n) is 18.7. The fourth-order valence-electron chi connectivity index (χ4n) is 3.30. The number of benzene rings is 1. The Morgan fingerprint density at radius 2 is 1.75 bits per heavy atom. The van der Waals surface area contributed by atoms with Crippen molar-refractivity contribution in [2.75, 3.05) is 31.1 Å². The van der Waals surface area contributed by atoms with Gasteiger partial charge in [0.15, 0.2) is 11.2 Å². The number of piperazine rings is 1. The number of primary amides is 1. The summed E-state index contributed by atoms with van der Waals surface area (Å²) in [5.74, 6) is 5.66. The van der Waals surface area contributed by atoms with Gasteiger partial charge in [0.05, 0.1) is 5.56 Å². The van der Waals surface area contributed by atoms with Crippen molar-refractivity contribution < 1.29 is 9.53 Å². The number of ether oxygens (including phenoxy) is 1. The number of aryl methyl sites for hydroxylation is 1. The SMILES string of the molecule is CC#CC.Cn1c(Oc2ccccc2C(N)=O)nc2nc(N3CCNCC3)n(C)c2c1=O. The number of hydrogen-bond donors (Lipinski definition) is 2. The van der Waals surface area contributed by atoms with Gasteiger partial charge in [-0.3, -0.25) is 14.2 Å². The molecule has 10 heteroatoms. The lowest BCUT2D eigenvalue weighted by atomic mass is 10.2. The third-order valence-electron chi connectivity index (χ3n) is 5.05. The van der Waals surface area contributed by atoms with Crippen molar-refractivity contribution in [3.63, 3.8) is 0 Å². The number of aromatic nitrogens is 4. The molecular formula is C22H27N7O3. The Labute approximate surface area is 186 Å². The molecule has 10 nitrogen and oxygen atoms in total. The van der Waals surface area contributed by atoms with Gasteiger partial charge in [0.2, 0.25) is 5.95 Å². The van der Waals surface area contributed by atoms with E-state index in [2.05, 4.69) is 32.0 Å². The minimum absolute atomic E-state index is 0.0381. The van der Waals surface area contributed by atoms with Crippen molar-refractivity contribution in [2.45, 2.75) is 13.8 Å². The van der Waals surface area contributed by atoms with Gasteiger partial charge in [-0.05, 0) is 26.0 Å². The van der Waals surface area contributed by atoms with E-state index in [-0.39, 0.29) is 22.9 Å². The molecule has 0 bridgehead atoms. The summed E-state index contributed by atoms with van der Waals surface area (Å²) in [6.07, 6.45) is 0. The van der Waals surface area contributed by atoms with Crippen molar-refractivity contribution in [1.29, 1.82) is 0 Å². The van der Waals surface area contributed by atoms with E-state index in [1.165, 1.54) is 4.57 Å². The molecule has 1 saturated heterocycles. The van der Waals surface area contributed by atoms with E-state index in [0.29, 0.717) is 17.1 Å². The van der Waals surface area contributed by atoms with Crippen LogP contribution in [0.2, 0.25) is 0 Å². The molecule has 32 heavy (non-hydrogen) atoms. The van der Waals surface area contributed by atoms with E-state index in [1.54, 1.807) is 42.9 Å². The number of anilines is 1. The van der Waals surface area contributed by atoms with Crippen LogP contribution >= 0.6 is 0 Å². The standard InChI is InChI=1S/C18H21N7O3.C4H6/c1-23-13-15(21-17(23)25-9-7-20-8-10-25)22-18(24(2)16(13)27)28-12-6-4-3-5-11(12)14(19)26;1-3-4-2/h3-6,20H,7-10H2,1-2H3,(H2,19,26);1-2H3. The number of rotatable bonds is 4. The van der Waals surface area contributed by atoms with Crippen molar-refractivity contribution in [1.82, 2.24) is 24.4 Å². The van der Waals surface area contributed by atoms with Crippen LogP contribution in [-0.4, -0.2) is 51.2 Å². The Bertz CT molecular complexity index is 1240. The molecule has 1 aromatic carbocycles. The maximum atomic E-state index is 12.9. The fourth-order valence-corrected chi connectivity index (χ4v) is 3.30. The Morgan fingerprint density at radius 3 is 2.38 bits per heavy atom. The lowest BCUT2D eigenvalue weighted by molar-refractivity contribution is 0.0998. The molecule has 0 unspecified atom stereocenters. The average Bonchev–Trinajstić information content (AvgIpc) is 3.14. The number of nitrogens with two attached hydrogens (primary N) is 1. The molecule has 1 amide bonds. The highest BCUT2D eigenvalue weighted by Gasteiger charge is 2.22. The number of hydrogen-bond acceptors (Lipinski definition) is 7. The lowest BCUT2D eigenvalue weighted by Crippen LogP contribution is -2.44. The lowest BCUT2D eigenvalue weighted by Gasteiger charge is -2.28. The van der Waals surface area contributed by atoms with Crippen LogP contribution in [-0.2, 0) is 14.1 Å². The van der Waals surface area contributed by atoms with Gasteiger partial charge >= 0.3 is 6.01 Å². The molecule has 3 aromatic rings. The highest BCUT2D eigenvalue weighted by Crippen LogP contribution is 2.25. The van der Waals surface area contributed by atoms with Crippen LogP contribution in [0.4, 0.5) is 5.95 Å². The molecule has 1 aliphatic heterocycles. The van der Waals surface area contributed by atoms with E-state index in [1.807, 2.05) is 13.8 Å². The topological polar surface area (TPSA) is 120 Å². The zero-order chi connectivity index (χ0) is 23.3. The van der Waals surface area contributed by atoms with Gasteiger partial charge in [-0.15, -0.1) is 11.8 Å². The normalized spacial score (nSPS) is 13.1. The third kappa shape index (κ3) is 4.58. The highest BCUT2D eigenvalue weighted by molar-refractivity contribution is 5.95. The van der Waals surface area contributed by atoms with Gasteiger partial charge < -0.3 is 25.3 Å². The van der Waals surface area contributed by atoms with E-state index in [4.69, 9.17) is 10.5 Å². The molecule has 1 aliphatic rings. The molecule has 1 fully saturated rings. The molecule has 0 radical (unpaired) electrons. The summed E-state index contributed by atoms with van der Waals surface area (Å²) in [7, 11) is 3.37. The summed E-state index contributed by atoms with van der Waals surface area (Å²) in [4.78, 5) is 35.7. The Balaban J connectivity index is 0.000000668. The number of fused-ring (bicyclic) bond motifs is 1. The predicted molar refractivity (Wildman–Crippen MR) is 123 cm³/mol. The first-order valence-corrected chi connectivity index (χ1v) is 10.2. The van der Waals surface area contributed by atoms with Crippen LogP contribution in [0.1, 0.15) is 24.2 Å². The molecule has 0 saturated carbocycles. The number of amides is 1. The summed E-state index contributed by atoms with van der Waals surface area (Å²) in [5, 5.41) is 3.29. The molecule has 2 aromatic heterocycles. The Kier molecular flexibility index (Phi) is 7.12. The van der Waals surface area contributed by atoms with Crippen molar-refractivity contribution in [3.8, 4) is 23.6 Å². The minimum Gasteiger partial charge on any atom is -0.425 e. The minimum atomic E-state index is -0.625. The van der Waals surface area contributed by atoms with Gasteiger partial charge in [0.25, 0.3) is 11.5 Å². The van der Waals surface area contributed by atoms with Crippen LogP contribution in [0.25, 0.3) is 11.2 Å². The van der Waals surface area contributed by atoms with Crippen molar-refractivity contribution in [3.05, 3.63) is 40.2 Å². The van der Waals surface area contributed by atoms with E-state index in [0.717, 1.165) is 26.2 Å². The predicted octanol–water partition coefficient (Wildman–Crippen LogP) is 0.997. The Morgan fingerprint density at radius 1 is 1.09 bits per heavy atom. The highest BCUT2D eigenvalue weighted by atomic mass is 16.5. The second kappa shape index (κ2) is 9.98. The van der Waals surface area contributed by atoms with Crippen molar-refractivity contribution in [2.24, 2.45) is 19.8 Å². The third-order valence-corrected chi connectivity index (χ3v) is 5.05. The zero-order valence-corrected chi connectivity index (χ0v) is 18.7. The van der Waals surface area contributed by atoms with Crippen LogP contribution < -0.4 is 26.2 Å². The second-order valence-corrected chi connectivity index (χ2v) is 7.10. The largest absolute Gasteiger partial charge is 0.425 e. The molecular weight excluding hydrogens is 410 g/mol. The quantitative estimate of drug-likeness (QED) is 0.584. The van der Waals surface area contributed by atoms with E-state index in [9.17, 15) is 9.59 Å². The van der Waals surface area contributed by atoms with Crippen LogP contribution in [0, 0.1) is 11.8 Å². The smallest absolute Gasteiger partial charge is 0.306 e. The average molecular weight is 438 g/mol. The molecule has 0 aliphatic carbocycles. The first kappa shape index (κ1) is 22.8. The van der Waals surface area contributed by atoms with Gasteiger partial charge in [-0.2, -0.15) is 9.97 Å². The number of carbonyl (C=O) groups is 1.